The minimum Gasteiger partial charge on any atom is -0.452 e. The standard InChI is InChI=1S/C8H7Cl2FN4O2/c1-3(14-15-8(16)17-2)5-4(11)6(9)13-7(10)12-5/h1-2H3,(H,15,16)/b14-3+. The van der Waals surface area contributed by atoms with Crippen molar-refractivity contribution in [2.45, 2.75) is 6.92 Å². The summed E-state index contributed by atoms with van der Waals surface area (Å²) in [7, 11) is 1.17. The summed E-state index contributed by atoms with van der Waals surface area (Å²) in [6.45, 7) is 1.41. The smallest absolute Gasteiger partial charge is 0.427 e. The van der Waals surface area contributed by atoms with Crippen molar-refractivity contribution >= 4 is 35.0 Å². The Morgan fingerprint density at radius 1 is 1.47 bits per heavy atom. The Morgan fingerprint density at radius 2 is 2.12 bits per heavy atom. The Labute approximate surface area is 106 Å². The first-order chi connectivity index (χ1) is 7.95. The number of ether oxygens (including phenoxy) is 1. The van der Waals surface area contributed by atoms with Gasteiger partial charge in [-0.25, -0.2) is 24.6 Å². The number of nitrogens with zero attached hydrogens (tertiary/aromatic N) is 3. The van der Waals surface area contributed by atoms with Gasteiger partial charge in [0.25, 0.3) is 0 Å². The van der Waals surface area contributed by atoms with Crippen LogP contribution in [0.1, 0.15) is 12.6 Å². The largest absolute Gasteiger partial charge is 0.452 e. The number of carbonyl (C=O) groups excluding carboxylic acids is 1. The van der Waals surface area contributed by atoms with E-state index in [4.69, 9.17) is 23.2 Å². The minimum atomic E-state index is -0.871. The van der Waals surface area contributed by atoms with Gasteiger partial charge in [-0.1, -0.05) is 11.6 Å². The number of nitrogens with one attached hydrogen (secondary N) is 1. The van der Waals surface area contributed by atoms with Crippen LogP contribution in [0.5, 0.6) is 0 Å². The lowest BCUT2D eigenvalue weighted by molar-refractivity contribution is 0.171. The number of carbonyl (C=O) groups is 1. The fourth-order valence-corrected chi connectivity index (χ4v) is 1.24. The zero-order valence-corrected chi connectivity index (χ0v) is 10.3. The van der Waals surface area contributed by atoms with Gasteiger partial charge in [-0.2, -0.15) is 5.10 Å². The van der Waals surface area contributed by atoms with Gasteiger partial charge in [0, 0.05) is 0 Å². The van der Waals surface area contributed by atoms with Gasteiger partial charge in [0.1, 0.15) is 5.69 Å². The number of hydrazone groups is 1. The number of hydrogen-bond donors (Lipinski definition) is 1. The van der Waals surface area contributed by atoms with Gasteiger partial charge < -0.3 is 4.74 Å². The fourth-order valence-electron chi connectivity index (χ4n) is 0.862. The number of aromatic nitrogens is 2. The highest BCUT2D eigenvalue weighted by atomic mass is 35.5. The van der Waals surface area contributed by atoms with Crippen molar-refractivity contribution < 1.29 is 13.9 Å². The molecule has 0 saturated heterocycles. The highest BCUT2D eigenvalue weighted by molar-refractivity contribution is 6.32. The summed E-state index contributed by atoms with van der Waals surface area (Å²) in [4.78, 5) is 17.8. The molecule has 0 unspecified atom stereocenters. The number of hydrogen-bond acceptors (Lipinski definition) is 5. The summed E-state index contributed by atoms with van der Waals surface area (Å²) in [5.74, 6) is -0.871. The third kappa shape index (κ3) is 3.50. The molecule has 92 valence electrons. The minimum absolute atomic E-state index is 0.0686. The van der Waals surface area contributed by atoms with Crippen molar-refractivity contribution in [1.82, 2.24) is 15.4 Å². The Balaban J connectivity index is 3.03. The summed E-state index contributed by atoms with van der Waals surface area (Å²) in [5, 5.41) is 2.91. The molecule has 0 atom stereocenters. The Kier molecular flexibility index (Phi) is 4.59. The van der Waals surface area contributed by atoms with Gasteiger partial charge in [-0.3, -0.25) is 0 Å². The Morgan fingerprint density at radius 3 is 2.71 bits per heavy atom. The molecular formula is C8H7Cl2FN4O2. The molecule has 1 amide bonds. The molecule has 6 nitrogen and oxygen atoms in total. The van der Waals surface area contributed by atoms with E-state index < -0.39 is 17.1 Å². The molecule has 1 rings (SSSR count). The number of methoxy groups -OCH3 is 1. The van der Waals surface area contributed by atoms with Crippen LogP contribution in [0.3, 0.4) is 0 Å². The second-order valence-corrected chi connectivity index (χ2v) is 3.44. The summed E-state index contributed by atoms with van der Waals surface area (Å²) >= 11 is 11.0. The van der Waals surface area contributed by atoms with E-state index in [0.29, 0.717) is 0 Å². The van der Waals surface area contributed by atoms with Gasteiger partial charge in [-0.15, -0.1) is 0 Å². The molecule has 0 radical (unpaired) electrons. The lowest BCUT2D eigenvalue weighted by atomic mass is 10.3. The molecular weight excluding hydrogens is 274 g/mol. The first-order valence-corrected chi connectivity index (χ1v) is 4.98. The lowest BCUT2D eigenvalue weighted by Crippen LogP contribution is -2.19. The summed E-state index contributed by atoms with van der Waals surface area (Å²) in [6.07, 6.45) is -0.795. The summed E-state index contributed by atoms with van der Waals surface area (Å²) in [6, 6.07) is 0. The van der Waals surface area contributed by atoms with Crippen LogP contribution >= 0.6 is 23.2 Å². The lowest BCUT2D eigenvalue weighted by Gasteiger charge is -2.03. The van der Waals surface area contributed by atoms with Crippen molar-refractivity contribution in [3.8, 4) is 0 Å². The van der Waals surface area contributed by atoms with Crippen LogP contribution in [0.2, 0.25) is 10.4 Å². The predicted octanol–water partition coefficient (Wildman–Crippen LogP) is 2.00. The SMILES string of the molecule is COC(=O)N/N=C(\C)c1nc(Cl)nc(Cl)c1F. The maximum Gasteiger partial charge on any atom is 0.427 e. The molecule has 0 saturated carbocycles. The predicted molar refractivity (Wildman–Crippen MR) is 59.8 cm³/mol. The topological polar surface area (TPSA) is 76.5 Å². The third-order valence-corrected chi connectivity index (χ3v) is 2.05. The van der Waals surface area contributed by atoms with E-state index in [1.54, 1.807) is 0 Å². The van der Waals surface area contributed by atoms with E-state index >= 15 is 0 Å². The van der Waals surface area contributed by atoms with Crippen molar-refractivity contribution in [2.75, 3.05) is 7.11 Å². The van der Waals surface area contributed by atoms with Gasteiger partial charge in [0.2, 0.25) is 5.28 Å². The summed E-state index contributed by atoms with van der Waals surface area (Å²) in [5.41, 5.74) is 1.88. The second-order valence-electron chi connectivity index (χ2n) is 2.75. The Bertz CT molecular complexity index is 481. The van der Waals surface area contributed by atoms with E-state index in [2.05, 4.69) is 19.8 Å². The normalized spacial score (nSPS) is 11.2. The van der Waals surface area contributed by atoms with E-state index in [1.165, 1.54) is 14.0 Å². The first-order valence-electron chi connectivity index (χ1n) is 4.23. The van der Waals surface area contributed by atoms with E-state index in [9.17, 15) is 9.18 Å². The molecule has 0 aliphatic carbocycles. The maximum absolute atomic E-state index is 13.5. The Hall–Kier alpha value is -1.47. The molecule has 1 N–H and O–H groups in total. The van der Waals surface area contributed by atoms with Crippen LogP contribution in [0.4, 0.5) is 9.18 Å². The molecule has 0 aliphatic heterocycles. The highest BCUT2D eigenvalue weighted by Crippen LogP contribution is 2.17. The zero-order valence-electron chi connectivity index (χ0n) is 8.79. The van der Waals surface area contributed by atoms with E-state index in [-0.39, 0.29) is 16.7 Å². The van der Waals surface area contributed by atoms with Crippen molar-refractivity contribution in [3.05, 3.63) is 21.9 Å². The average Bonchev–Trinajstić information content (AvgIpc) is 2.30. The van der Waals surface area contributed by atoms with Gasteiger partial charge in [0.05, 0.1) is 12.8 Å². The molecule has 0 bridgehead atoms. The molecule has 0 spiro atoms. The molecule has 0 aromatic carbocycles. The second kappa shape index (κ2) is 5.74. The van der Waals surface area contributed by atoms with Crippen molar-refractivity contribution in [3.63, 3.8) is 0 Å². The number of rotatable bonds is 2. The van der Waals surface area contributed by atoms with E-state index in [0.717, 1.165) is 0 Å². The van der Waals surface area contributed by atoms with Gasteiger partial charge >= 0.3 is 6.09 Å². The molecule has 0 aliphatic rings. The van der Waals surface area contributed by atoms with Crippen LogP contribution in [0.15, 0.2) is 5.10 Å². The molecule has 1 heterocycles. The molecule has 9 heteroatoms. The van der Waals surface area contributed by atoms with Crippen LogP contribution in [-0.4, -0.2) is 28.9 Å². The molecule has 17 heavy (non-hydrogen) atoms. The highest BCUT2D eigenvalue weighted by Gasteiger charge is 2.14. The van der Waals surface area contributed by atoms with Gasteiger partial charge in [0.15, 0.2) is 11.0 Å². The van der Waals surface area contributed by atoms with Gasteiger partial charge in [-0.05, 0) is 18.5 Å². The molecule has 1 aromatic heterocycles. The monoisotopic (exact) mass is 280 g/mol. The fraction of sp³-hybridized carbons (Fsp3) is 0.250. The molecule has 1 aromatic rings. The number of amides is 1. The number of halogens is 3. The maximum atomic E-state index is 13.5. The van der Waals surface area contributed by atoms with Crippen LogP contribution in [-0.2, 0) is 4.74 Å². The zero-order chi connectivity index (χ0) is 13.0. The van der Waals surface area contributed by atoms with Crippen LogP contribution in [0.25, 0.3) is 0 Å². The summed E-state index contributed by atoms with van der Waals surface area (Å²) < 4.78 is 17.8. The van der Waals surface area contributed by atoms with Crippen LogP contribution < -0.4 is 5.43 Å². The first kappa shape index (κ1) is 13.6. The van der Waals surface area contributed by atoms with Crippen LogP contribution in [0, 0.1) is 5.82 Å². The van der Waals surface area contributed by atoms with Crippen molar-refractivity contribution in [1.29, 1.82) is 0 Å². The average molecular weight is 281 g/mol. The van der Waals surface area contributed by atoms with E-state index in [1.807, 2.05) is 5.43 Å². The third-order valence-electron chi connectivity index (χ3n) is 1.63. The quantitative estimate of drug-likeness (QED) is 0.389. The molecule has 0 fully saturated rings. The van der Waals surface area contributed by atoms with Crippen molar-refractivity contribution in [2.24, 2.45) is 5.10 Å².